The number of carbonyl (C=O) groups is 1. The molecule has 2 N–H and O–H groups in total. The third-order valence-electron chi connectivity index (χ3n) is 4.68. The van der Waals surface area contributed by atoms with Crippen molar-refractivity contribution in [3.63, 3.8) is 0 Å². The monoisotopic (exact) mass is 268 g/mol. The molecule has 1 saturated heterocycles. The molecule has 0 aromatic carbocycles. The molecule has 4 atom stereocenters. The number of likely N-dealkylation sites (N-methyl/N-ethyl adjacent to an activating group) is 1. The lowest BCUT2D eigenvalue weighted by atomic mass is 9.77. The van der Waals surface area contributed by atoms with Gasteiger partial charge < -0.3 is 15.4 Å². The van der Waals surface area contributed by atoms with Crippen molar-refractivity contribution in [1.82, 2.24) is 4.90 Å². The summed E-state index contributed by atoms with van der Waals surface area (Å²) in [5, 5.41) is 0. The molecule has 4 nitrogen and oxygen atoms in total. The van der Waals surface area contributed by atoms with Gasteiger partial charge in [-0.1, -0.05) is 6.92 Å². The van der Waals surface area contributed by atoms with Crippen molar-refractivity contribution in [2.24, 2.45) is 17.6 Å². The fraction of sp³-hybridized carbons (Fsp3) is 0.933. The summed E-state index contributed by atoms with van der Waals surface area (Å²) < 4.78 is 5.72. The summed E-state index contributed by atoms with van der Waals surface area (Å²) in [7, 11) is 1.91. The van der Waals surface area contributed by atoms with Crippen LogP contribution in [0.25, 0.3) is 0 Å². The van der Waals surface area contributed by atoms with Crippen molar-refractivity contribution in [2.45, 2.75) is 57.6 Å². The maximum atomic E-state index is 12.5. The highest BCUT2D eigenvalue weighted by molar-refractivity contribution is 5.79. The molecular formula is C15H28N2O2. The average Bonchev–Trinajstić information content (AvgIpc) is 2.42. The zero-order chi connectivity index (χ0) is 13.8. The van der Waals surface area contributed by atoms with Gasteiger partial charge in [0.05, 0.1) is 6.10 Å². The standard InChI is InChI=1S/C15H28N2O2/c1-11-6-7-12(16)9-14(11)15(18)17(2)10-13-5-3-4-8-19-13/h11-14H,3-10,16H2,1-2H3. The fourth-order valence-electron chi connectivity index (χ4n) is 3.33. The van der Waals surface area contributed by atoms with Gasteiger partial charge in [-0.25, -0.2) is 0 Å². The molecule has 0 radical (unpaired) electrons. The van der Waals surface area contributed by atoms with E-state index < -0.39 is 0 Å². The Hall–Kier alpha value is -0.610. The van der Waals surface area contributed by atoms with Crippen molar-refractivity contribution in [3.8, 4) is 0 Å². The molecule has 2 aliphatic rings. The predicted molar refractivity (Wildman–Crippen MR) is 75.7 cm³/mol. The second-order valence-electron chi connectivity index (χ2n) is 6.36. The molecule has 0 bridgehead atoms. The van der Waals surface area contributed by atoms with Crippen LogP contribution in [0.1, 0.15) is 45.4 Å². The van der Waals surface area contributed by atoms with E-state index in [-0.39, 0.29) is 24.0 Å². The maximum Gasteiger partial charge on any atom is 0.225 e. The Kier molecular flexibility index (Phi) is 5.22. The second-order valence-corrected chi connectivity index (χ2v) is 6.36. The molecule has 0 spiro atoms. The molecule has 2 fully saturated rings. The minimum Gasteiger partial charge on any atom is -0.376 e. The molecular weight excluding hydrogens is 240 g/mol. The summed E-state index contributed by atoms with van der Waals surface area (Å²) in [6.45, 7) is 3.76. The van der Waals surface area contributed by atoms with E-state index in [4.69, 9.17) is 10.5 Å². The molecule has 2 rings (SSSR count). The largest absolute Gasteiger partial charge is 0.376 e. The molecule has 1 saturated carbocycles. The first-order valence-electron chi connectivity index (χ1n) is 7.70. The predicted octanol–water partition coefficient (Wildman–Crippen LogP) is 1.78. The van der Waals surface area contributed by atoms with Gasteiger partial charge in [0.25, 0.3) is 0 Å². The van der Waals surface area contributed by atoms with Crippen molar-refractivity contribution in [2.75, 3.05) is 20.2 Å². The number of amides is 1. The van der Waals surface area contributed by atoms with Crippen LogP contribution in [0.5, 0.6) is 0 Å². The molecule has 4 unspecified atom stereocenters. The van der Waals surface area contributed by atoms with Gasteiger partial charge in [-0.15, -0.1) is 0 Å². The van der Waals surface area contributed by atoms with E-state index in [1.807, 2.05) is 11.9 Å². The minimum atomic E-state index is 0.109. The van der Waals surface area contributed by atoms with Gasteiger partial charge in [0.2, 0.25) is 5.91 Å². The van der Waals surface area contributed by atoms with Crippen molar-refractivity contribution >= 4 is 5.91 Å². The normalized spacial score (nSPS) is 35.9. The summed E-state index contributed by atoms with van der Waals surface area (Å²) >= 11 is 0. The summed E-state index contributed by atoms with van der Waals surface area (Å²) in [5.74, 6) is 0.830. The Morgan fingerprint density at radius 3 is 2.79 bits per heavy atom. The smallest absolute Gasteiger partial charge is 0.225 e. The summed E-state index contributed by atoms with van der Waals surface area (Å²) in [6.07, 6.45) is 6.66. The van der Waals surface area contributed by atoms with Crippen molar-refractivity contribution < 1.29 is 9.53 Å². The topological polar surface area (TPSA) is 55.6 Å². The number of ether oxygens (including phenoxy) is 1. The highest BCUT2D eigenvalue weighted by Crippen LogP contribution is 2.30. The Labute approximate surface area is 116 Å². The minimum absolute atomic E-state index is 0.109. The number of nitrogens with two attached hydrogens (primary N) is 1. The number of hydrogen-bond donors (Lipinski definition) is 1. The third-order valence-corrected chi connectivity index (χ3v) is 4.68. The van der Waals surface area contributed by atoms with E-state index in [0.29, 0.717) is 5.92 Å². The van der Waals surface area contributed by atoms with E-state index in [1.165, 1.54) is 6.42 Å². The first-order chi connectivity index (χ1) is 9.08. The van der Waals surface area contributed by atoms with Gasteiger partial charge in [-0.2, -0.15) is 0 Å². The van der Waals surface area contributed by atoms with Crippen molar-refractivity contribution in [3.05, 3.63) is 0 Å². The number of nitrogens with zero attached hydrogens (tertiary/aromatic N) is 1. The Morgan fingerprint density at radius 2 is 2.11 bits per heavy atom. The summed E-state index contributed by atoms with van der Waals surface area (Å²) in [6, 6.07) is 0.199. The lowest BCUT2D eigenvalue weighted by Gasteiger charge is -2.35. The van der Waals surface area contributed by atoms with Crippen molar-refractivity contribution in [1.29, 1.82) is 0 Å². The third kappa shape index (κ3) is 3.93. The molecule has 1 aliphatic carbocycles. The van der Waals surface area contributed by atoms with E-state index in [0.717, 1.165) is 45.3 Å². The van der Waals surface area contributed by atoms with Crippen LogP contribution >= 0.6 is 0 Å². The SMILES string of the molecule is CC1CCC(N)CC1C(=O)N(C)CC1CCCCO1. The first kappa shape index (κ1) is 14.8. The Morgan fingerprint density at radius 1 is 1.32 bits per heavy atom. The van der Waals surface area contributed by atoms with Gasteiger partial charge >= 0.3 is 0 Å². The lowest BCUT2D eigenvalue weighted by molar-refractivity contribution is -0.139. The summed E-state index contributed by atoms with van der Waals surface area (Å²) in [5.41, 5.74) is 6.01. The van der Waals surface area contributed by atoms with E-state index in [2.05, 4.69) is 6.92 Å². The van der Waals surface area contributed by atoms with Crippen LogP contribution in [-0.4, -0.2) is 43.2 Å². The Balaban J connectivity index is 1.86. The quantitative estimate of drug-likeness (QED) is 0.849. The zero-order valence-electron chi connectivity index (χ0n) is 12.3. The molecule has 110 valence electrons. The highest BCUT2D eigenvalue weighted by atomic mass is 16.5. The van der Waals surface area contributed by atoms with Gasteiger partial charge in [0, 0.05) is 32.2 Å². The molecule has 19 heavy (non-hydrogen) atoms. The number of hydrogen-bond acceptors (Lipinski definition) is 3. The molecule has 1 aliphatic heterocycles. The maximum absolute atomic E-state index is 12.5. The second kappa shape index (κ2) is 6.71. The van der Waals surface area contributed by atoms with Gasteiger partial charge in [0.15, 0.2) is 0 Å². The first-order valence-corrected chi connectivity index (χ1v) is 7.70. The number of rotatable bonds is 3. The van der Waals surface area contributed by atoms with Crippen LogP contribution in [0, 0.1) is 11.8 Å². The molecule has 0 aromatic heterocycles. The van der Waals surface area contributed by atoms with Gasteiger partial charge in [-0.05, 0) is 44.4 Å². The highest BCUT2D eigenvalue weighted by Gasteiger charge is 2.33. The fourth-order valence-corrected chi connectivity index (χ4v) is 3.33. The van der Waals surface area contributed by atoms with E-state index in [9.17, 15) is 4.79 Å². The van der Waals surface area contributed by atoms with Crippen LogP contribution < -0.4 is 5.73 Å². The van der Waals surface area contributed by atoms with Crippen LogP contribution in [-0.2, 0) is 9.53 Å². The summed E-state index contributed by atoms with van der Waals surface area (Å²) in [4.78, 5) is 14.4. The van der Waals surface area contributed by atoms with E-state index >= 15 is 0 Å². The molecule has 4 heteroatoms. The van der Waals surface area contributed by atoms with Crippen LogP contribution in [0.2, 0.25) is 0 Å². The van der Waals surface area contributed by atoms with Crippen LogP contribution in [0.4, 0.5) is 0 Å². The Bertz CT molecular complexity index is 303. The van der Waals surface area contributed by atoms with E-state index in [1.54, 1.807) is 0 Å². The number of carbonyl (C=O) groups excluding carboxylic acids is 1. The zero-order valence-corrected chi connectivity index (χ0v) is 12.3. The molecule has 1 amide bonds. The molecule has 0 aromatic rings. The van der Waals surface area contributed by atoms with Gasteiger partial charge in [0.1, 0.15) is 0 Å². The van der Waals surface area contributed by atoms with Crippen LogP contribution in [0.3, 0.4) is 0 Å². The van der Waals surface area contributed by atoms with Gasteiger partial charge in [-0.3, -0.25) is 4.79 Å². The molecule has 1 heterocycles. The van der Waals surface area contributed by atoms with Crippen LogP contribution in [0.15, 0.2) is 0 Å². The lowest BCUT2D eigenvalue weighted by Crippen LogP contribution is -2.45. The average molecular weight is 268 g/mol.